The highest BCUT2D eigenvalue weighted by molar-refractivity contribution is 5.81. The Morgan fingerprint density at radius 1 is 0.929 bits per heavy atom. The lowest BCUT2D eigenvalue weighted by Gasteiger charge is -2.22. The Labute approximate surface area is 170 Å². The summed E-state index contributed by atoms with van der Waals surface area (Å²) in [5, 5.41) is 2.68. The molecule has 0 spiro atoms. The van der Waals surface area contributed by atoms with Crippen LogP contribution in [0.1, 0.15) is 77.7 Å². The molecule has 28 heavy (non-hydrogen) atoms. The summed E-state index contributed by atoms with van der Waals surface area (Å²) >= 11 is 0. The van der Waals surface area contributed by atoms with E-state index in [-0.39, 0.29) is 18.5 Å². The van der Waals surface area contributed by atoms with Crippen molar-refractivity contribution in [3.05, 3.63) is 35.9 Å². The largest absolute Gasteiger partial charge is 0.464 e. The number of rotatable bonds is 14. The van der Waals surface area contributed by atoms with Crippen LogP contribution in [0, 0.1) is 5.92 Å². The molecular weight excluding hydrogens is 354 g/mol. The first kappa shape index (κ1) is 24.0. The van der Waals surface area contributed by atoms with Crippen molar-refractivity contribution in [1.29, 1.82) is 0 Å². The highest BCUT2D eigenvalue weighted by atomic mass is 16.6. The summed E-state index contributed by atoms with van der Waals surface area (Å²) in [6.45, 7) is 6.70. The highest BCUT2D eigenvalue weighted by Gasteiger charge is 2.27. The number of carbonyl (C=O) groups excluding carboxylic acids is 2. The standard InChI is InChI=1S/C23H37NO4/c1-4-6-7-8-9-10-14-17-27-22(25)21(19(3)5-2)24-23(26)28-18-20-15-12-11-13-16-20/h11-13,15-16,19,21H,4-10,14,17-18H2,1-3H3,(H,24,26). The molecule has 0 saturated carbocycles. The second-order valence-corrected chi connectivity index (χ2v) is 7.36. The van der Waals surface area contributed by atoms with Crippen LogP contribution in [0.25, 0.3) is 0 Å². The predicted octanol–water partition coefficient (Wildman–Crippen LogP) is 5.62. The number of amides is 1. The Morgan fingerprint density at radius 3 is 2.21 bits per heavy atom. The van der Waals surface area contributed by atoms with Crippen molar-refractivity contribution in [3.8, 4) is 0 Å². The minimum atomic E-state index is -0.683. The number of esters is 1. The molecule has 0 fully saturated rings. The van der Waals surface area contributed by atoms with Crippen LogP contribution in [0.4, 0.5) is 4.79 Å². The number of unbranched alkanes of at least 4 members (excludes halogenated alkanes) is 6. The Bertz CT molecular complexity index is 547. The van der Waals surface area contributed by atoms with Crippen molar-refractivity contribution in [3.63, 3.8) is 0 Å². The minimum absolute atomic E-state index is 0.0224. The number of benzene rings is 1. The van der Waals surface area contributed by atoms with Gasteiger partial charge in [0, 0.05) is 0 Å². The van der Waals surface area contributed by atoms with Gasteiger partial charge in [-0.25, -0.2) is 9.59 Å². The molecule has 0 aliphatic rings. The Morgan fingerprint density at radius 2 is 1.57 bits per heavy atom. The van der Waals surface area contributed by atoms with Gasteiger partial charge in [-0.2, -0.15) is 0 Å². The first-order valence-electron chi connectivity index (χ1n) is 10.7. The van der Waals surface area contributed by atoms with Gasteiger partial charge in [0.05, 0.1) is 6.61 Å². The van der Waals surface area contributed by atoms with E-state index in [0.29, 0.717) is 6.61 Å². The van der Waals surface area contributed by atoms with Gasteiger partial charge < -0.3 is 14.8 Å². The zero-order chi connectivity index (χ0) is 20.6. The topological polar surface area (TPSA) is 64.6 Å². The van der Waals surface area contributed by atoms with E-state index >= 15 is 0 Å². The number of hydrogen-bond acceptors (Lipinski definition) is 4. The fraction of sp³-hybridized carbons (Fsp3) is 0.652. The van der Waals surface area contributed by atoms with E-state index in [1.165, 1.54) is 32.1 Å². The summed E-state index contributed by atoms with van der Waals surface area (Å²) < 4.78 is 10.6. The third-order valence-electron chi connectivity index (χ3n) is 4.95. The van der Waals surface area contributed by atoms with E-state index in [1.807, 2.05) is 44.2 Å². The van der Waals surface area contributed by atoms with E-state index in [4.69, 9.17) is 9.47 Å². The molecule has 1 rings (SSSR count). The summed E-state index contributed by atoms with van der Waals surface area (Å²) in [6.07, 6.45) is 8.33. The number of ether oxygens (including phenoxy) is 2. The molecule has 0 heterocycles. The van der Waals surface area contributed by atoms with Gasteiger partial charge in [-0.1, -0.05) is 96.0 Å². The molecule has 2 unspecified atom stereocenters. The third-order valence-corrected chi connectivity index (χ3v) is 4.95. The van der Waals surface area contributed by atoms with E-state index in [1.54, 1.807) is 0 Å². The van der Waals surface area contributed by atoms with Gasteiger partial charge in [-0.15, -0.1) is 0 Å². The maximum atomic E-state index is 12.4. The molecule has 2 atom stereocenters. The van der Waals surface area contributed by atoms with Gasteiger partial charge in [-0.3, -0.25) is 0 Å². The molecule has 0 aliphatic heterocycles. The predicted molar refractivity (Wildman–Crippen MR) is 112 cm³/mol. The van der Waals surface area contributed by atoms with E-state index in [9.17, 15) is 9.59 Å². The molecule has 0 bridgehead atoms. The molecular formula is C23H37NO4. The number of nitrogens with one attached hydrogen (secondary N) is 1. The summed E-state index contributed by atoms with van der Waals surface area (Å²) in [7, 11) is 0. The molecule has 0 radical (unpaired) electrons. The van der Waals surface area contributed by atoms with Crippen LogP contribution in [0.2, 0.25) is 0 Å². The van der Waals surface area contributed by atoms with E-state index in [2.05, 4.69) is 12.2 Å². The quantitative estimate of drug-likeness (QED) is 0.330. The summed E-state index contributed by atoms with van der Waals surface area (Å²) in [4.78, 5) is 24.5. The van der Waals surface area contributed by atoms with Gasteiger partial charge >= 0.3 is 12.1 Å². The number of alkyl carbamates (subject to hydrolysis) is 1. The summed E-state index contributed by atoms with van der Waals surface area (Å²) in [6, 6.07) is 8.77. The fourth-order valence-corrected chi connectivity index (χ4v) is 2.88. The normalized spacial score (nSPS) is 12.8. The average Bonchev–Trinajstić information content (AvgIpc) is 2.72. The van der Waals surface area contributed by atoms with E-state index < -0.39 is 12.1 Å². The van der Waals surface area contributed by atoms with Crippen LogP contribution in [-0.2, 0) is 20.9 Å². The van der Waals surface area contributed by atoms with Crippen LogP contribution >= 0.6 is 0 Å². The van der Waals surface area contributed by atoms with Gasteiger partial charge in [0.15, 0.2) is 0 Å². The molecule has 1 aromatic rings. The number of carbonyl (C=O) groups is 2. The van der Waals surface area contributed by atoms with Crippen LogP contribution < -0.4 is 5.32 Å². The molecule has 1 amide bonds. The lowest BCUT2D eigenvalue weighted by molar-refractivity contribution is -0.147. The zero-order valence-corrected chi connectivity index (χ0v) is 17.7. The first-order valence-corrected chi connectivity index (χ1v) is 10.7. The van der Waals surface area contributed by atoms with Crippen molar-refractivity contribution in [1.82, 2.24) is 5.32 Å². The Hall–Kier alpha value is -2.04. The van der Waals surface area contributed by atoms with Gasteiger partial charge in [0.25, 0.3) is 0 Å². The number of hydrogen-bond donors (Lipinski definition) is 1. The monoisotopic (exact) mass is 391 g/mol. The van der Waals surface area contributed by atoms with Crippen molar-refractivity contribution in [2.24, 2.45) is 5.92 Å². The third kappa shape index (κ3) is 10.3. The Balaban J connectivity index is 2.33. The maximum Gasteiger partial charge on any atom is 0.408 e. The smallest absolute Gasteiger partial charge is 0.408 e. The zero-order valence-electron chi connectivity index (χ0n) is 17.7. The van der Waals surface area contributed by atoms with E-state index in [0.717, 1.165) is 24.8 Å². The van der Waals surface area contributed by atoms with Crippen LogP contribution in [-0.4, -0.2) is 24.7 Å². The van der Waals surface area contributed by atoms with Crippen LogP contribution in [0.3, 0.4) is 0 Å². The lowest BCUT2D eigenvalue weighted by Crippen LogP contribution is -2.46. The van der Waals surface area contributed by atoms with Gasteiger partial charge in [-0.05, 0) is 17.9 Å². The molecule has 158 valence electrons. The maximum absolute atomic E-state index is 12.4. The lowest BCUT2D eigenvalue weighted by atomic mass is 9.99. The minimum Gasteiger partial charge on any atom is -0.464 e. The molecule has 0 aromatic heterocycles. The SMILES string of the molecule is CCCCCCCCCOC(=O)C(NC(=O)OCc1ccccc1)C(C)CC. The van der Waals surface area contributed by atoms with Crippen LogP contribution in [0.15, 0.2) is 30.3 Å². The van der Waals surface area contributed by atoms with Crippen molar-refractivity contribution in [2.75, 3.05) is 6.61 Å². The second kappa shape index (κ2) is 14.9. The van der Waals surface area contributed by atoms with Crippen molar-refractivity contribution >= 4 is 12.1 Å². The molecule has 1 N–H and O–H groups in total. The fourth-order valence-electron chi connectivity index (χ4n) is 2.88. The highest BCUT2D eigenvalue weighted by Crippen LogP contribution is 2.12. The summed E-state index contributed by atoms with van der Waals surface area (Å²) in [5.74, 6) is -0.400. The van der Waals surface area contributed by atoms with Crippen LogP contribution in [0.5, 0.6) is 0 Å². The first-order chi connectivity index (χ1) is 13.6. The molecule has 0 saturated heterocycles. The average molecular weight is 392 g/mol. The molecule has 5 nitrogen and oxygen atoms in total. The molecule has 1 aromatic carbocycles. The van der Waals surface area contributed by atoms with Gasteiger partial charge in [0.1, 0.15) is 12.6 Å². The van der Waals surface area contributed by atoms with Crippen molar-refractivity contribution in [2.45, 2.75) is 84.8 Å². The Kier molecular flexibility index (Phi) is 12.8. The van der Waals surface area contributed by atoms with Gasteiger partial charge in [0.2, 0.25) is 0 Å². The summed E-state index contributed by atoms with van der Waals surface area (Å²) in [5.41, 5.74) is 0.902. The van der Waals surface area contributed by atoms with Crippen molar-refractivity contribution < 1.29 is 19.1 Å². The molecule has 0 aliphatic carbocycles. The second-order valence-electron chi connectivity index (χ2n) is 7.36. The molecule has 5 heteroatoms.